The van der Waals surface area contributed by atoms with E-state index >= 15 is 0 Å². The first-order chi connectivity index (χ1) is 14.9. The van der Waals surface area contributed by atoms with Crippen molar-refractivity contribution in [3.05, 3.63) is 68.6 Å². The molecule has 0 saturated heterocycles. The lowest BCUT2D eigenvalue weighted by atomic mass is 10.1. The Morgan fingerprint density at radius 3 is 2.68 bits per heavy atom. The van der Waals surface area contributed by atoms with Crippen molar-refractivity contribution in [1.82, 2.24) is 15.0 Å². The number of thiazole rings is 1. The highest BCUT2D eigenvalue weighted by molar-refractivity contribution is 7.98. The number of H-pyrrole nitrogens is 1. The topological polar surface area (TPSA) is 114 Å². The number of nitrogens with zero attached hydrogens (tertiary/aromatic N) is 2. The summed E-state index contributed by atoms with van der Waals surface area (Å²) in [5, 5.41) is 5.22. The number of anilines is 1. The van der Waals surface area contributed by atoms with Crippen molar-refractivity contribution >= 4 is 40.1 Å². The summed E-state index contributed by atoms with van der Waals surface area (Å²) in [5.41, 5.74) is 2.14. The molecule has 0 radical (unpaired) electrons. The standard InChI is InChI=1S/C21H22N4O4S2/c1-3-29-18(27)9-15-12-31-21(23-15)24-17(26)10-16-13(2)22-20(25-19(16)28)30-11-14-7-5-4-6-8-14/h4-8,12H,3,9-11H2,1-2H3,(H,22,25,28)(H,23,24,26). The lowest BCUT2D eigenvalue weighted by Gasteiger charge is -2.07. The highest BCUT2D eigenvalue weighted by atomic mass is 32.2. The third-order valence-corrected chi connectivity index (χ3v) is 5.94. The van der Waals surface area contributed by atoms with E-state index in [-0.39, 0.29) is 30.3 Å². The van der Waals surface area contributed by atoms with Gasteiger partial charge in [0.15, 0.2) is 10.3 Å². The van der Waals surface area contributed by atoms with Crippen molar-refractivity contribution < 1.29 is 14.3 Å². The number of amides is 1. The number of esters is 1. The number of nitrogens with one attached hydrogen (secondary N) is 2. The average Bonchev–Trinajstić information content (AvgIpc) is 3.16. The normalized spacial score (nSPS) is 10.6. The third-order valence-electron chi connectivity index (χ3n) is 4.19. The van der Waals surface area contributed by atoms with Gasteiger partial charge < -0.3 is 15.0 Å². The smallest absolute Gasteiger partial charge is 0.311 e. The van der Waals surface area contributed by atoms with Crippen molar-refractivity contribution in [3.63, 3.8) is 0 Å². The Labute approximate surface area is 187 Å². The Morgan fingerprint density at radius 1 is 1.19 bits per heavy atom. The minimum Gasteiger partial charge on any atom is -0.466 e. The summed E-state index contributed by atoms with van der Waals surface area (Å²) < 4.78 is 4.89. The first-order valence-electron chi connectivity index (χ1n) is 9.61. The maximum Gasteiger partial charge on any atom is 0.311 e. The number of aromatic nitrogens is 3. The molecule has 2 N–H and O–H groups in total. The second-order valence-corrected chi connectivity index (χ2v) is 8.38. The van der Waals surface area contributed by atoms with Gasteiger partial charge in [0.05, 0.1) is 25.1 Å². The lowest BCUT2D eigenvalue weighted by Crippen LogP contribution is -2.23. The van der Waals surface area contributed by atoms with Gasteiger partial charge in [0.1, 0.15) is 0 Å². The molecule has 8 nitrogen and oxygen atoms in total. The van der Waals surface area contributed by atoms with Crippen LogP contribution in [0.5, 0.6) is 0 Å². The Hall–Kier alpha value is -2.98. The van der Waals surface area contributed by atoms with Gasteiger partial charge in [-0.05, 0) is 19.4 Å². The van der Waals surface area contributed by atoms with Gasteiger partial charge in [0.25, 0.3) is 5.56 Å². The highest BCUT2D eigenvalue weighted by Crippen LogP contribution is 2.19. The van der Waals surface area contributed by atoms with Gasteiger partial charge in [-0.1, -0.05) is 42.1 Å². The zero-order valence-electron chi connectivity index (χ0n) is 17.1. The fourth-order valence-electron chi connectivity index (χ4n) is 2.72. The minimum atomic E-state index is -0.378. The third kappa shape index (κ3) is 6.76. The van der Waals surface area contributed by atoms with E-state index in [9.17, 15) is 14.4 Å². The molecule has 1 aromatic carbocycles. The summed E-state index contributed by atoms with van der Waals surface area (Å²) in [5.74, 6) is -0.0671. The Kier molecular flexibility index (Phi) is 7.96. The molecule has 2 heterocycles. The molecule has 0 bridgehead atoms. The minimum absolute atomic E-state index is 0.0466. The van der Waals surface area contributed by atoms with Gasteiger partial charge >= 0.3 is 5.97 Å². The van der Waals surface area contributed by atoms with Crippen LogP contribution < -0.4 is 10.9 Å². The number of ether oxygens (including phenoxy) is 1. The molecule has 3 rings (SSSR count). The summed E-state index contributed by atoms with van der Waals surface area (Å²) in [7, 11) is 0. The second-order valence-electron chi connectivity index (χ2n) is 6.56. The summed E-state index contributed by atoms with van der Waals surface area (Å²) in [6.07, 6.45) is -0.0738. The van der Waals surface area contributed by atoms with Crippen LogP contribution in [0.15, 0.2) is 45.7 Å². The Morgan fingerprint density at radius 2 is 1.97 bits per heavy atom. The van der Waals surface area contributed by atoms with Crippen LogP contribution >= 0.6 is 23.1 Å². The fourth-order valence-corrected chi connectivity index (χ4v) is 4.31. The van der Waals surface area contributed by atoms with Gasteiger partial charge in [0.2, 0.25) is 5.91 Å². The zero-order valence-corrected chi connectivity index (χ0v) is 18.8. The number of aromatic amines is 1. The number of hydrogen-bond acceptors (Lipinski definition) is 8. The van der Waals surface area contributed by atoms with Crippen molar-refractivity contribution in [2.45, 2.75) is 37.6 Å². The van der Waals surface area contributed by atoms with Gasteiger partial charge in [0, 0.05) is 22.4 Å². The predicted molar refractivity (Wildman–Crippen MR) is 120 cm³/mol. The first kappa shape index (κ1) is 22.7. The van der Waals surface area contributed by atoms with Gasteiger partial charge in [-0.3, -0.25) is 14.4 Å². The SMILES string of the molecule is CCOC(=O)Cc1csc(NC(=O)Cc2c(C)nc(SCc3ccccc3)[nH]c2=O)n1. The Balaban J connectivity index is 1.59. The highest BCUT2D eigenvalue weighted by Gasteiger charge is 2.15. The molecule has 0 aliphatic carbocycles. The largest absolute Gasteiger partial charge is 0.466 e. The molecule has 162 valence electrons. The van der Waals surface area contributed by atoms with Crippen LogP contribution in [-0.4, -0.2) is 33.4 Å². The predicted octanol–water partition coefficient (Wildman–Crippen LogP) is 3.11. The van der Waals surface area contributed by atoms with Gasteiger partial charge in [-0.25, -0.2) is 9.97 Å². The van der Waals surface area contributed by atoms with E-state index in [4.69, 9.17) is 4.74 Å². The number of benzene rings is 1. The van der Waals surface area contributed by atoms with Crippen molar-refractivity contribution in [1.29, 1.82) is 0 Å². The van der Waals surface area contributed by atoms with Gasteiger partial charge in [-0.15, -0.1) is 11.3 Å². The van der Waals surface area contributed by atoms with Crippen LogP contribution in [0.25, 0.3) is 0 Å². The summed E-state index contributed by atoms with van der Waals surface area (Å²) >= 11 is 2.64. The number of thioether (sulfide) groups is 1. The van der Waals surface area contributed by atoms with Crippen molar-refractivity contribution in [2.24, 2.45) is 0 Å². The average molecular weight is 459 g/mol. The molecule has 0 atom stereocenters. The van der Waals surface area contributed by atoms with E-state index in [1.54, 1.807) is 19.2 Å². The van der Waals surface area contributed by atoms with Crippen LogP contribution in [0.4, 0.5) is 5.13 Å². The fraction of sp³-hybridized carbons (Fsp3) is 0.286. The quantitative estimate of drug-likeness (QED) is 0.288. The maximum absolute atomic E-state index is 12.5. The van der Waals surface area contributed by atoms with E-state index in [1.807, 2.05) is 30.3 Å². The maximum atomic E-state index is 12.5. The molecule has 10 heteroatoms. The molecule has 1 amide bonds. The van der Waals surface area contributed by atoms with E-state index in [0.29, 0.717) is 39.6 Å². The van der Waals surface area contributed by atoms with E-state index in [0.717, 1.165) is 5.56 Å². The zero-order chi connectivity index (χ0) is 22.2. The molecular formula is C21H22N4O4S2. The number of carbonyl (C=O) groups is 2. The molecule has 0 fully saturated rings. The summed E-state index contributed by atoms with van der Waals surface area (Å²) in [6.45, 7) is 3.75. The Bertz CT molecular complexity index is 1110. The summed E-state index contributed by atoms with van der Waals surface area (Å²) in [6, 6.07) is 9.88. The van der Waals surface area contributed by atoms with Crippen LogP contribution in [0, 0.1) is 6.92 Å². The van der Waals surface area contributed by atoms with Crippen LogP contribution in [0.3, 0.4) is 0 Å². The number of hydrogen-bond donors (Lipinski definition) is 2. The summed E-state index contributed by atoms with van der Waals surface area (Å²) in [4.78, 5) is 47.8. The molecule has 0 aliphatic heterocycles. The molecular weight excluding hydrogens is 436 g/mol. The first-order valence-corrected chi connectivity index (χ1v) is 11.5. The second kappa shape index (κ2) is 10.9. The molecule has 0 saturated carbocycles. The van der Waals surface area contributed by atoms with E-state index in [1.165, 1.54) is 23.1 Å². The molecule has 31 heavy (non-hydrogen) atoms. The number of aryl methyl sites for hydroxylation is 1. The van der Waals surface area contributed by atoms with Crippen LogP contribution in [0.2, 0.25) is 0 Å². The number of carbonyl (C=O) groups excluding carboxylic acids is 2. The monoisotopic (exact) mass is 458 g/mol. The number of rotatable bonds is 9. The lowest BCUT2D eigenvalue weighted by molar-refractivity contribution is -0.142. The van der Waals surface area contributed by atoms with Crippen LogP contribution in [0.1, 0.15) is 29.4 Å². The van der Waals surface area contributed by atoms with E-state index in [2.05, 4.69) is 20.3 Å². The van der Waals surface area contributed by atoms with Crippen molar-refractivity contribution in [3.8, 4) is 0 Å². The van der Waals surface area contributed by atoms with Gasteiger partial charge in [-0.2, -0.15) is 0 Å². The van der Waals surface area contributed by atoms with E-state index < -0.39 is 0 Å². The molecule has 0 aliphatic rings. The van der Waals surface area contributed by atoms with Crippen LogP contribution in [-0.2, 0) is 32.9 Å². The van der Waals surface area contributed by atoms with Crippen molar-refractivity contribution in [2.75, 3.05) is 11.9 Å². The molecule has 3 aromatic rings. The molecule has 0 unspecified atom stereocenters. The molecule has 0 spiro atoms. The molecule has 2 aromatic heterocycles.